The number of rotatable bonds is 5. The second kappa shape index (κ2) is 9.02. The molecule has 2 heterocycles. The minimum atomic E-state index is -0.0289. The topological polar surface area (TPSA) is 99.5 Å². The monoisotopic (exact) mass is 370 g/mol. The Labute approximate surface area is 158 Å². The molecule has 0 unspecified atom stereocenters. The van der Waals surface area contributed by atoms with Crippen LogP contribution < -0.4 is 16.0 Å². The number of guanidine groups is 1. The number of likely N-dealkylation sites (tertiary alicyclic amines) is 1. The molecule has 27 heavy (non-hydrogen) atoms. The number of nitrogens with one attached hydrogen (secondary N) is 3. The normalized spacial score (nSPS) is 14.3. The third-order valence-corrected chi connectivity index (χ3v) is 4.47. The van der Waals surface area contributed by atoms with Gasteiger partial charge >= 0.3 is 6.03 Å². The first-order valence-electron chi connectivity index (χ1n) is 9.08. The van der Waals surface area contributed by atoms with E-state index in [9.17, 15) is 4.79 Å². The average molecular weight is 370 g/mol. The fraction of sp³-hybridized carbons (Fsp3) is 0.444. The fourth-order valence-corrected chi connectivity index (χ4v) is 2.93. The van der Waals surface area contributed by atoms with E-state index in [0.717, 1.165) is 43.0 Å². The first-order chi connectivity index (χ1) is 13.2. The Hall–Kier alpha value is -3.10. The van der Waals surface area contributed by atoms with Crippen molar-refractivity contribution in [3.63, 3.8) is 0 Å². The summed E-state index contributed by atoms with van der Waals surface area (Å²) in [4.78, 5) is 22.5. The molecule has 0 atom stereocenters. The Bertz CT molecular complexity index is 794. The van der Waals surface area contributed by atoms with Gasteiger partial charge in [-0.2, -0.15) is 5.10 Å². The van der Waals surface area contributed by atoms with Gasteiger partial charge in [0.2, 0.25) is 0 Å². The van der Waals surface area contributed by atoms with E-state index < -0.39 is 0 Å². The van der Waals surface area contributed by atoms with Gasteiger partial charge in [-0.15, -0.1) is 0 Å². The van der Waals surface area contributed by atoms with Gasteiger partial charge in [0.05, 0.1) is 6.54 Å². The summed E-state index contributed by atoms with van der Waals surface area (Å²) in [7, 11) is 3.57. The molecule has 0 spiro atoms. The largest absolute Gasteiger partial charge is 0.352 e. The highest BCUT2D eigenvalue weighted by Crippen LogP contribution is 2.14. The maximum Gasteiger partial charge on any atom is 0.321 e. The minimum absolute atomic E-state index is 0.0289. The molecule has 1 fully saturated rings. The molecule has 1 aromatic carbocycles. The van der Waals surface area contributed by atoms with Crippen molar-refractivity contribution in [3.8, 4) is 0 Å². The van der Waals surface area contributed by atoms with Gasteiger partial charge in [0, 0.05) is 39.4 Å². The molecule has 1 aliphatic rings. The third-order valence-electron chi connectivity index (χ3n) is 4.47. The number of carbonyl (C=O) groups is 1. The maximum absolute atomic E-state index is 12.2. The zero-order valence-corrected chi connectivity index (χ0v) is 15.8. The van der Waals surface area contributed by atoms with E-state index in [4.69, 9.17) is 0 Å². The highest BCUT2D eigenvalue weighted by Gasteiger charge is 2.17. The summed E-state index contributed by atoms with van der Waals surface area (Å²) in [5.74, 6) is 1.49. The number of hydrogen-bond donors (Lipinski definition) is 3. The van der Waals surface area contributed by atoms with E-state index in [1.165, 1.54) is 6.33 Å². The molecule has 0 saturated carbocycles. The Balaban J connectivity index is 1.50. The molecule has 1 saturated heterocycles. The van der Waals surface area contributed by atoms with Crippen molar-refractivity contribution in [2.24, 2.45) is 12.0 Å². The zero-order valence-electron chi connectivity index (χ0n) is 15.8. The number of hydrogen-bond acceptors (Lipinski definition) is 4. The van der Waals surface area contributed by atoms with E-state index in [2.05, 4.69) is 31.0 Å². The van der Waals surface area contributed by atoms with Crippen molar-refractivity contribution in [1.82, 2.24) is 30.3 Å². The highest BCUT2D eigenvalue weighted by atomic mass is 16.2. The molecule has 3 rings (SSSR count). The zero-order chi connectivity index (χ0) is 19.1. The molecule has 3 N–H and O–H groups in total. The first-order valence-corrected chi connectivity index (χ1v) is 9.08. The number of nitrogens with zero attached hydrogens (tertiary/aromatic N) is 5. The van der Waals surface area contributed by atoms with Crippen molar-refractivity contribution in [3.05, 3.63) is 42.0 Å². The summed E-state index contributed by atoms with van der Waals surface area (Å²) >= 11 is 0. The smallest absolute Gasteiger partial charge is 0.321 e. The summed E-state index contributed by atoms with van der Waals surface area (Å²) in [6.07, 6.45) is 3.69. The molecule has 1 aliphatic heterocycles. The predicted octanol–water partition coefficient (Wildman–Crippen LogP) is 1.31. The molecular weight excluding hydrogens is 344 g/mol. The van der Waals surface area contributed by atoms with Crippen LogP contribution in [0.3, 0.4) is 0 Å². The Kier molecular flexibility index (Phi) is 6.24. The van der Waals surface area contributed by atoms with E-state index in [1.807, 2.05) is 36.2 Å². The van der Waals surface area contributed by atoms with Crippen molar-refractivity contribution < 1.29 is 4.79 Å². The van der Waals surface area contributed by atoms with Gasteiger partial charge in [-0.05, 0) is 30.5 Å². The van der Waals surface area contributed by atoms with Crippen LogP contribution in [0.15, 0.2) is 35.6 Å². The number of anilines is 1. The van der Waals surface area contributed by atoms with Crippen molar-refractivity contribution in [2.75, 3.05) is 25.5 Å². The highest BCUT2D eigenvalue weighted by molar-refractivity contribution is 5.89. The van der Waals surface area contributed by atoms with Crippen LogP contribution >= 0.6 is 0 Å². The number of urea groups is 1. The standard InChI is InChI=1S/C18H26N8O/c1-19-17(21-12-16-22-13-23-25(16)2)20-11-14-6-5-7-15(10-14)24-18(27)26-8-3-4-9-26/h5-7,10,13H,3-4,8-9,11-12H2,1-2H3,(H,24,27)(H2,19,20,21). The summed E-state index contributed by atoms with van der Waals surface area (Å²) < 4.78 is 1.72. The summed E-state index contributed by atoms with van der Waals surface area (Å²) in [5, 5.41) is 13.5. The van der Waals surface area contributed by atoms with E-state index in [-0.39, 0.29) is 6.03 Å². The lowest BCUT2D eigenvalue weighted by atomic mass is 10.2. The number of aryl methyl sites for hydroxylation is 1. The van der Waals surface area contributed by atoms with Gasteiger partial charge in [0.1, 0.15) is 12.2 Å². The Morgan fingerprint density at radius 2 is 2.00 bits per heavy atom. The summed E-state index contributed by atoms with van der Waals surface area (Å²) in [5.41, 5.74) is 1.85. The van der Waals surface area contributed by atoms with Crippen LogP contribution in [0, 0.1) is 0 Å². The van der Waals surface area contributed by atoms with Crippen molar-refractivity contribution >= 4 is 17.7 Å². The predicted molar refractivity (Wildman–Crippen MR) is 104 cm³/mol. The lowest BCUT2D eigenvalue weighted by molar-refractivity contribution is 0.222. The number of benzene rings is 1. The van der Waals surface area contributed by atoms with Crippen LogP contribution in [0.1, 0.15) is 24.2 Å². The molecule has 9 nitrogen and oxygen atoms in total. The Morgan fingerprint density at radius 3 is 2.70 bits per heavy atom. The number of aliphatic imine (C=N–C) groups is 1. The van der Waals surface area contributed by atoms with E-state index in [1.54, 1.807) is 11.7 Å². The lowest BCUT2D eigenvalue weighted by Gasteiger charge is -2.17. The molecule has 0 radical (unpaired) electrons. The van der Waals surface area contributed by atoms with Gasteiger partial charge in [-0.1, -0.05) is 12.1 Å². The second-order valence-electron chi connectivity index (χ2n) is 6.40. The number of carbonyl (C=O) groups excluding carboxylic acids is 1. The molecule has 2 aromatic rings. The molecule has 9 heteroatoms. The van der Waals surface area contributed by atoms with Crippen LogP contribution in [0.25, 0.3) is 0 Å². The number of aromatic nitrogens is 3. The summed E-state index contributed by atoms with van der Waals surface area (Å²) in [6.45, 7) is 2.79. The van der Waals surface area contributed by atoms with Crippen LogP contribution in [-0.4, -0.2) is 51.8 Å². The molecule has 144 valence electrons. The van der Waals surface area contributed by atoms with Gasteiger partial charge in [0.15, 0.2) is 5.96 Å². The lowest BCUT2D eigenvalue weighted by Crippen LogP contribution is -2.37. The second-order valence-corrected chi connectivity index (χ2v) is 6.40. The van der Waals surface area contributed by atoms with E-state index in [0.29, 0.717) is 19.0 Å². The van der Waals surface area contributed by atoms with Crippen LogP contribution in [0.5, 0.6) is 0 Å². The van der Waals surface area contributed by atoms with Crippen molar-refractivity contribution in [1.29, 1.82) is 0 Å². The molecular formula is C18H26N8O. The Morgan fingerprint density at radius 1 is 1.22 bits per heavy atom. The van der Waals surface area contributed by atoms with Gasteiger partial charge in [-0.25, -0.2) is 9.78 Å². The van der Waals surface area contributed by atoms with Crippen LogP contribution in [0.4, 0.5) is 10.5 Å². The third kappa shape index (κ3) is 5.19. The van der Waals surface area contributed by atoms with E-state index >= 15 is 0 Å². The average Bonchev–Trinajstić information content (AvgIpc) is 3.34. The minimum Gasteiger partial charge on any atom is -0.352 e. The molecule has 1 aromatic heterocycles. The maximum atomic E-state index is 12.2. The molecule has 0 aliphatic carbocycles. The molecule has 0 bridgehead atoms. The SMILES string of the molecule is CN=C(NCc1cccc(NC(=O)N2CCCC2)c1)NCc1ncnn1C. The molecule has 2 amide bonds. The van der Waals surface area contributed by atoms with Crippen LogP contribution in [-0.2, 0) is 20.1 Å². The van der Waals surface area contributed by atoms with Gasteiger partial charge in [0.25, 0.3) is 0 Å². The number of amides is 2. The van der Waals surface area contributed by atoms with Crippen LogP contribution in [0.2, 0.25) is 0 Å². The first kappa shape index (κ1) is 18.7. The fourth-order valence-electron chi connectivity index (χ4n) is 2.93. The quantitative estimate of drug-likeness (QED) is 0.544. The summed E-state index contributed by atoms with van der Waals surface area (Å²) in [6, 6.07) is 7.79. The van der Waals surface area contributed by atoms with Gasteiger partial charge in [-0.3, -0.25) is 9.67 Å². The van der Waals surface area contributed by atoms with Gasteiger partial charge < -0.3 is 20.9 Å². The van der Waals surface area contributed by atoms with Crippen molar-refractivity contribution in [2.45, 2.75) is 25.9 Å².